The Morgan fingerprint density at radius 1 is 1.29 bits per heavy atom. The van der Waals surface area contributed by atoms with E-state index < -0.39 is 0 Å². The summed E-state index contributed by atoms with van der Waals surface area (Å²) < 4.78 is 1.79. The van der Waals surface area contributed by atoms with Crippen molar-refractivity contribution in [1.29, 1.82) is 0 Å². The zero-order valence-electron chi connectivity index (χ0n) is 8.78. The predicted molar refractivity (Wildman–Crippen MR) is 67.6 cm³/mol. The second-order valence-electron chi connectivity index (χ2n) is 3.30. The van der Waals surface area contributed by atoms with Gasteiger partial charge >= 0.3 is 0 Å². The highest BCUT2D eigenvalue weighted by Crippen LogP contribution is 2.28. The molecule has 0 unspecified atom stereocenters. The third-order valence-electron chi connectivity index (χ3n) is 2.11. The van der Waals surface area contributed by atoms with Gasteiger partial charge in [-0.3, -0.25) is 0 Å². The van der Waals surface area contributed by atoms with Crippen LogP contribution in [0.2, 0.25) is 15.2 Å². The summed E-state index contributed by atoms with van der Waals surface area (Å²) in [6, 6.07) is 1.54. The van der Waals surface area contributed by atoms with E-state index in [9.17, 15) is 0 Å². The smallest absolute Gasteiger partial charge is 0.151 e. The summed E-state index contributed by atoms with van der Waals surface area (Å²) in [7, 11) is 1.85. The second-order valence-corrected chi connectivity index (χ2v) is 4.48. The fourth-order valence-corrected chi connectivity index (χ4v) is 1.76. The average Bonchev–Trinajstić information content (AvgIpc) is 2.68. The highest BCUT2D eigenvalue weighted by Gasteiger charge is 2.08. The summed E-state index contributed by atoms with van der Waals surface area (Å²) >= 11 is 17.6. The molecule has 2 aromatic heterocycles. The van der Waals surface area contributed by atoms with Gasteiger partial charge in [0.25, 0.3) is 0 Å². The van der Waals surface area contributed by atoms with Gasteiger partial charge < -0.3 is 9.88 Å². The van der Waals surface area contributed by atoms with E-state index in [1.807, 2.05) is 7.05 Å². The molecule has 0 atom stereocenters. The first kappa shape index (κ1) is 12.4. The zero-order chi connectivity index (χ0) is 12.4. The monoisotopic (exact) mass is 291 g/mol. The van der Waals surface area contributed by atoms with Crippen molar-refractivity contribution in [2.75, 3.05) is 5.32 Å². The standard InChI is InChI=1S/C9H8Cl3N5/c1-17-4-14-16-7(17)3-13-9-6(11)2-5(10)8(12)15-9/h2,4H,3H2,1H3,(H,13,15). The molecule has 5 nitrogen and oxygen atoms in total. The van der Waals surface area contributed by atoms with E-state index in [4.69, 9.17) is 34.8 Å². The first-order valence-corrected chi connectivity index (χ1v) is 5.79. The maximum atomic E-state index is 5.97. The van der Waals surface area contributed by atoms with Gasteiger partial charge in [-0.2, -0.15) is 0 Å². The number of pyridine rings is 1. The lowest BCUT2D eigenvalue weighted by Crippen LogP contribution is -2.07. The van der Waals surface area contributed by atoms with Crippen molar-refractivity contribution in [3.63, 3.8) is 0 Å². The quantitative estimate of drug-likeness (QED) is 0.884. The highest BCUT2D eigenvalue weighted by molar-refractivity contribution is 6.42. The van der Waals surface area contributed by atoms with Gasteiger partial charge in [-0.1, -0.05) is 34.8 Å². The Balaban J connectivity index is 2.14. The Labute approximate surface area is 113 Å². The predicted octanol–water partition coefficient (Wildman–Crippen LogP) is 2.78. The van der Waals surface area contributed by atoms with E-state index in [-0.39, 0.29) is 5.15 Å². The maximum Gasteiger partial charge on any atom is 0.151 e. The van der Waals surface area contributed by atoms with Crippen molar-refractivity contribution in [2.24, 2.45) is 7.05 Å². The van der Waals surface area contributed by atoms with Gasteiger partial charge in [0.05, 0.1) is 16.6 Å². The van der Waals surface area contributed by atoms with Crippen molar-refractivity contribution >= 4 is 40.6 Å². The summed E-state index contributed by atoms with van der Waals surface area (Å²) in [5.41, 5.74) is 0. The van der Waals surface area contributed by atoms with Crippen molar-refractivity contribution in [3.8, 4) is 0 Å². The lowest BCUT2D eigenvalue weighted by atomic mass is 10.4. The summed E-state index contributed by atoms with van der Waals surface area (Å²) in [6.45, 7) is 0.446. The molecule has 17 heavy (non-hydrogen) atoms. The number of hydrogen-bond donors (Lipinski definition) is 1. The Bertz CT molecular complexity index is 539. The van der Waals surface area contributed by atoms with Gasteiger partial charge in [0.1, 0.15) is 17.3 Å². The van der Waals surface area contributed by atoms with Crippen LogP contribution < -0.4 is 5.32 Å². The first-order valence-electron chi connectivity index (χ1n) is 4.66. The molecule has 0 aliphatic carbocycles. The molecule has 2 aromatic rings. The van der Waals surface area contributed by atoms with Gasteiger partial charge in [-0.15, -0.1) is 10.2 Å². The molecule has 2 rings (SSSR count). The van der Waals surface area contributed by atoms with E-state index in [2.05, 4.69) is 20.5 Å². The normalized spacial score (nSPS) is 10.6. The Morgan fingerprint density at radius 3 is 2.71 bits per heavy atom. The highest BCUT2D eigenvalue weighted by atomic mass is 35.5. The molecule has 90 valence electrons. The number of aryl methyl sites for hydroxylation is 1. The molecule has 0 saturated carbocycles. The number of nitrogens with one attached hydrogen (secondary N) is 1. The lowest BCUT2D eigenvalue weighted by Gasteiger charge is -2.07. The summed E-state index contributed by atoms with van der Waals surface area (Å²) in [6.07, 6.45) is 1.61. The van der Waals surface area contributed by atoms with Crippen LogP contribution in [-0.2, 0) is 13.6 Å². The van der Waals surface area contributed by atoms with Crippen LogP contribution >= 0.6 is 34.8 Å². The number of anilines is 1. The van der Waals surface area contributed by atoms with Crippen LogP contribution in [0, 0.1) is 0 Å². The number of hydrogen-bond acceptors (Lipinski definition) is 4. The van der Waals surface area contributed by atoms with Crippen molar-refractivity contribution in [3.05, 3.63) is 33.4 Å². The Hall–Kier alpha value is -1.04. The topological polar surface area (TPSA) is 55.6 Å². The van der Waals surface area contributed by atoms with Gasteiger partial charge in [0.15, 0.2) is 5.82 Å². The van der Waals surface area contributed by atoms with E-state index in [1.165, 1.54) is 6.07 Å². The molecule has 0 aromatic carbocycles. The molecule has 0 spiro atoms. The molecular formula is C9H8Cl3N5. The fraction of sp³-hybridized carbons (Fsp3) is 0.222. The van der Waals surface area contributed by atoms with Crippen molar-refractivity contribution in [1.82, 2.24) is 19.7 Å². The van der Waals surface area contributed by atoms with Crippen LogP contribution in [0.15, 0.2) is 12.4 Å². The van der Waals surface area contributed by atoms with E-state index in [0.717, 1.165) is 5.82 Å². The van der Waals surface area contributed by atoms with E-state index in [0.29, 0.717) is 22.4 Å². The van der Waals surface area contributed by atoms with Gasteiger partial charge in [0, 0.05) is 7.05 Å². The minimum atomic E-state index is 0.205. The van der Waals surface area contributed by atoms with E-state index >= 15 is 0 Å². The fourth-order valence-electron chi connectivity index (χ4n) is 1.20. The minimum Gasteiger partial charge on any atom is -0.361 e. The Kier molecular flexibility index (Phi) is 3.71. The maximum absolute atomic E-state index is 5.97. The van der Waals surface area contributed by atoms with Crippen LogP contribution in [0.3, 0.4) is 0 Å². The van der Waals surface area contributed by atoms with Crippen LogP contribution in [0.25, 0.3) is 0 Å². The van der Waals surface area contributed by atoms with Crippen LogP contribution in [0.1, 0.15) is 5.82 Å². The van der Waals surface area contributed by atoms with Crippen LogP contribution in [-0.4, -0.2) is 19.7 Å². The molecule has 1 N–H and O–H groups in total. The summed E-state index contributed by atoms with van der Waals surface area (Å²) in [5.74, 6) is 1.22. The van der Waals surface area contributed by atoms with E-state index in [1.54, 1.807) is 10.9 Å². The minimum absolute atomic E-state index is 0.205. The van der Waals surface area contributed by atoms with Crippen LogP contribution in [0.4, 0.5) is 5.82 Å². The van der Waals surface area contributed by atoms with Crippen molar-refractivity contribution in [2.45, 2.75) is 6.54 Å². The molecule has 0 aliphatic heterocycles. The third-order valence-corrected chi connectivity index (χ3v) is 3.07. The second kappa shape index (κ2) is 5.08. The molecular weight excluding hydrogens is 284 g/mol. The number of halogens is 3. The first-order chi connectivity index (χ1) is 8.08. The van der Waals surface area contributed by atoms with Gasteiger partial charge in [0.2, 0.25) is 0 Å². The number of nitrogens with zero attached hydrogens (tertiary/aromatic N) is 4. The molecule has 0 saturated heterocycles. The van der Waals surface area contributed by atoms with Crippen molar-refractivity contribution < 1.29 is 0 Å². The largest absolute Gasteiger partial charge is 0.361 e. The average molecular weight is 293 g/mol. The SMILES string of the molecule is Cn1cnnc1CNc1nc(Cl)c(Cl)cc1Cl. The zero-order valence-corrected chi connectivity index (χ0v) is 11.1. The summed E-state index contributed by atoms with van der Waals surface area (Å²) in [5, 5.41) is 11.6. The third kappa shape index (κ3) is 2.80. The molecule has 0 amide bonds. The molecule has 0 fully saturated rings. The molecule has 2 heterocycles. The Morgan fingerprint density at radius 2 is 2.06 bits per heavy atom. The molecule has 0 aliphatic rings. The summed E-state index contributed by atoms with van der Waals surface area (Å²) in [4.78, 5) is 4.03. The van der Waals surface area contributed by atoms with Gasteiger partial charge in [-0.25, -0.2) is 4.98 Å². The molecule has 0 bridgehead atoms. The van der Waals surface area contributed by atoms with Crippen LogP contribution in [0.5, 0.6) is 0 Å². The molecule has 0 radical (unpaired) electrons. The number of aromatic nitrogens is 4. The number of rotatable bonds is 3. The molecule has 8 heteroatoms. The lowest BCUT2D eigenvalue weighted by molar-refractivity contribution is 0.810. The van der Waals surface area contributed by atoms with Gasteiger partial charge in [-0.05, 0) is 6.07 Å².